The molecule has 5 heteroatoms. The third kappa shape index (κ3) is 7.59. The highest BCUT2D eigenvalue weighted by Gasteiger charge is 1.99. The monoisotopic (exact) mass is 295 g/mol. The number of methoxy groups -OCH3 is 1. The molecule has 0 aromatic carbocycles. The molecule has 4 nitrogen and oxygen atoms in total. The van der Waals surface area contributed by atoms with Crippen LogP contribution in [0.15, 0.2) is 0 Å². The predicted octanol–water partition coefficient (Wildman–Crippen LogP) is 0.452. The molecule has 0 aliphatic carbocycles. The van der Waals surface area contributed by atoms with Gasteiger partial charge in [0.15, 0.2) is 0 Å². The van der Waals surface area contributed by atoms with E-state index in [9.17, 15) is 9.59 Å². The van der Waals surface area contributed by atoms with Gasteiger partial charge in [0, 0.05) is 41.5 Å². The highest BCUT2D eigenvalue weighted by atomic mass is 127. The zero-order valence-electron chi connectivity index (χ0n) is 7.22. The summed E-state index contributed by atoms with van der Waals surface area (Å²) >= 11 is 1.78. The average Bonchev–Trinajstić information content (AvgIpc) is 2.12. The molecule has 1 amide bonds. The van der Waals surface area contributed by atoms with E-state index in [4.69, 9.17) is 0 Å². The minimum Gasteiger partial charge on any atom is -0.469 e. The van der Waals surface area contributed by atoms with Gasteiger partial charge in [-0.1, -0.05) is 0 Å². The van der Waals surface area contributed by atoms with Crippen molar-refractivity contribution < 1.29 is 14.3 Å². The number of hydrogen-bond acceptors (Lipinski definition) is 3. The maximum absolute atomic E-state index is 10.8. The Morgan fingerprint density at radius 1 is 1.54 bits per heavy atom. The summed E-state index contributed by atoms with van der Waals surface area (Å²) < 4.78 is 6.87. The molecule has 0 bridgehead atoms. The number of hydrogen-bond donors (Lipinski definition) is 1. The minimum atomic E-state index is -0.320. The highest BCUT2D eigenvalue weighted by molar-refractivity contribution is 14.1. The molecule has 0 heterocycles. The lowest BCUT2D eigenvalue weighted by molar-refractivity contribution is -0.140. The van der Waals surface area contributed by atoms with Crippen LogP contribution < -0.4 is 5.32 Å². The molecule has 1 N–H and O–H groups in total. The topological polar surface area (TPSA) is 55.4 Å². The van der Waals surface area contributed by atoms with Gasteiger partial charge in [-0.2, -0.15) is 0 Å². The molecule has 0 saturated heterocycles. The summed E-state index contributed by atoms with van der Waals surface area (Å²) in [6.07, 6.45) is 0.885. The smallest absolute Gasteiger partial charge is 0.305 e. The third-order valence-electron chi connectivity index (χ3n) is 1.23. The lowest BCUT2D eigenvalue weighted by Gasteiger charge is -1.99. The molecule has 0 saturated carbocycles. The van der Waals surface area contributed by atoms with Gasteiger partial charge in [-0.05, 0) is 10.3 Å². The van der Waals surface area contributed by atoms with Crippen molar-refractivity contribution in [1.29, 1.82) is 0 Å². The lowest BCUT2D eigenvalue weighted by Crippen LogP contribution is -2.23. The van der Waals surface area contributed by atoms with Gasteiger partial charge in [-0.25, -0.2) is 0 Å². The Labute approximate surface area is 90.5 Å². The van der Waals surface area contributed by atoms with Crippen LogP contribution in [0.25, 0.3) is 0 Å². The number of rotatable bonds is 4. The van der Waals surface area contributed by atoms with E-state index in [1.807, 2.05) is 0 Å². The maximum atomic E-state index is 10.8. The summed E-state index contributed by atoms with van der Waals surface area (Å²) in [4.78, 5) is 21.4. The molecule has 0 radical (unpaired) electrons. The molecule has 0 aromatic heterocycles. The SMILES string of the molecule is COC(=O)CCCNC(=O)C#CI. The van der Waals surface area contributed by atoms with Crippen molar-refractivity contribution in [3.63, 3.8) is 0 Å². The van der Waals surface area contributed by atoms with Gasteiger partial charge in [-0.3, -0.25) is 9.59 Å². The molecular formula is C8H10INO3. The van der Waals surface area contributed by atoms with Crippen molar-refractivity contribution in [1.82, 2.24) is 5.32 Å². The summed E-state index contributed by atoms with van der Waals surface area (Å²) in [5.41, 5.74) is 0. The first kappa shape index (κ1) is 12.2. The number of nitrogens with one attached hydrogen (secondary N) is 1. The standard InChI is InChI=1S/C8H10INO3/c1-13-8(12)3-2-6-10-7(11)4-5-9/h2-3,6H2,1H3,(H,10,11). The van der Waals surface area contributed by atoms with Gasteiger partial charge in [0.2, 0.25) is 0 Å². The van der Waals surface area contributed by atoms with Crippen molar-refractivity contribution in [2.24, 2.45) is 0 Å². The van der Waals surface area contributed by atoms with E-state index in [1.54, 1.807) is 22.6 Å². The van der Waals surface area contributed by atoms with E-state index in [2.05, 4.69) is 19.9 Å². The quantitative estimate of drug-likeness (QED) is 0.355. The Bertz CT molecular complexity index is 242. The van der Waals surface area contributed by atoms with Crippen molar-refractivity contribution >= 4 is 34.5 Å². The van der Waals surface area contributed by atoms with Gasteiger partial charge >= 0.3 is 5.97 Å². The zero-order valence-corrected chi connectivity index (χ0v) is 9.38. The molecule has 0 rings (SSSR count). The molecule has 0 spiro atoms. The first-order valence-corrected chi connectivity index (χ1v) is 4.75. The second kappa shape index (κ2) is 7.86. The van der Waals surface area contributed by atoms with Crippen LogP contribution in [0, 0.1) is 9.85 Å². The largest absolute Gasteiger partial charge is 0.469 e. The first-order valence-electron chi connectivity index (χ1n) is 3.67. The van der Waals surface area contributed by atoms with E-state index in [1.165, 1.54) is 7.11 Å². The van der Waals surface area contributed by atoms with E-state index in [0.29, 0.717) is 19.4 Å². The molecule has 0 aromatic rings. The molecule has 0 unspecified atom stereocenters. The van der Waals surface area contributed by atoms with Crippen LogP contribution in [0.4, 0.5) is 0 Å². The van der Waals surface area contributed by atoms with Gasteiger partial charge < -0.3 is 10.1 Å². The zero-order chi connectivity index (χ0) is 10.1. The minimum absolute atomic E-state index is 0.269. The highest BCUT2D eigenvalue weighted by Crippen LogP contribution is 1.89. The average molecular weight is 295 g/mol. The molecule has 0 atom stereocenters. The van der Waals surface area contributed by atoms with Crippen molar-refractivity contribution in [3.8, 4) is 9.85 Å². The number of halogens is 1. The van der Waals surface area contributed by atoms with Crippen LogP contribution in [-0.4, -0.2) is 25.5 Å². The number of carbonyl (C=O) groups is 2. The fraction of sp³-hybridized carbons (Fsp3) is 0.500. The fourth-order valence-electron chi connectivity index (χ4n) is 0.624. The predicted molar refractivity (Wildman–Crippen MR) is 56.1 cm³/mol. The number of carbonyl (C=O) groups excluding carboxylic acids is 2. The first-order chi connectivity index (χ1) is 6.20. The normalized spacial score (nSPS) is 8.15. The molecule has 0 aliphatic heterocycles. The van der Waals surface area contributed by atoms with Crippen LogP contribution >= 0.6 is 22.6 Å². The van der Waals surface area contributed by atoms with Gasteiger partial charge in [-0.15, -0.1) is 0 Å². The molecule has 0 fully saturated rings. The van der Waals surface area contributed by atoms with Gasteiger partial charge in [0.25, 0.3) is 5.91 Å². The Hall–Kier alpha value is -0.770. The molecule has 72 valence electrons. The van der Waals surface area contributed by atoms with Crippen LogP contribution in [0.3, 0.4) is 0 Å². The van der Waals surface area contributed by atoms with E-state index in [0.717, 1.165) is 0 Å². The van der Waals surface area contributed by atoms with Gasteiger partial charge in [0.05, 0.1) is 7.11 Å². The second-order valence-corrected chi connectivity index (χ2v) is 2.69. The van der Waals surface area contributed by atoms with Crippen molar-refractivity contribution in [2.45, 2.75) is 12.8 Å². The third-order valence-corrected chi connectivity index (χ3v) is 1.50. The van der Waals surface area contributed by atoms with E-state index >= 15 is 0 Å². The molecular weight excluding hydrogens is 285 g/mol. The Morgan fingerprint density at radius 2 is 2.23 bits per heavy atom. The Kier molecular flexibility index (Phi) is 7.39. The van der Waals surface area contributed by atoms with Crippen LogP contribution in [0.5, 0.6) is 0 Å². The van der Waals surface area contributed by atoms with E-state index in [-0.39, 0.29) is 11.9 Å². The number of esters is 1. The summed E-state index contributed by atoms with van der Waals surface area (Å²) in [5.74, 6) is 1.73. The Balaban J connectivity index is 3.39. The summed E-state index contributed by atoms with van der Waals surface area (Å²) in [6, 6.07) is 0. The fourth-order valence-corrected chi connectivity index (χ4v) is 0.869. The molecule has 0 aliphatic rings. The summed E-state index contributed by atoms with van der Waals surface area (Å²) in [6.45, 7) is 0.444. The number of ether oxygens (including phenoxy) is 1. The van der Waals surface area contributed by atoms with Crippen molar-refractivity contribution in [3.05, 3.63) is 0 Å². The summed E-state index contributed by atoms with van der Waals surface area (Å²) in [5, 5.41) is 2.54. The van der Waals surface area contributed by atoms with Crippen LogP contribution in [0.2, 0.25) is 0 Å². The van der Waals surface area contributed by atoms with Crippen LogP contribution in [-0.2, 0) is 14.3 Å². The van der Waals surface area contributed by atoms with Crippen LogP contribution in [0.1, 0.15) is 12.8 Å². The summed E-state index contributed by atoms with van der Waals surface area (Å²) in [7, 11) is 1.34. The van der Waals surface area contributed by atoms with Crippen molar-refractivity contribution in [2.75, 3.05) is 13.7 Å². The lowest BCUT2D eigenvalue weighted by atomic mass is 10.3. The maximum Gasteiger partial charge on any atom is 0.305 e. The molecule has 13 heavy (non-hydrogen) atoms. The van der Waals surface area contributed by atoms with E-state index < -0.39 is 0 Å². The van der Waals surface area contributed by atoms with Gasteiger partial charge in [0.1, 0.15) is 0 Å². The number of amides is 1. The second-order valence-electron chi connectivity index (χ2n) is 2.16. The Morgan fingerprint density at radius 3 is 2.77 bits per heavy atom.